The van der Waals surface area contributed by atoms with Gasteiger partial charge >= 0.3 is 5.97 Å². The third-order valence-electron chi connectivity index (χ3n) is 3.52. The summed E-state index contributed by atoms with van der Waals surface area (Å²) in [5.74, 6) is -0.324. The van der Waals surface area contributed by atoms with E-state index in [4.69, 9.17) is 4.74 Å². The Kier molecular flexibility index (Phi) is 2.82. The molecule has 2 aromatic rings. The zero-order valence-electron chi connectivity index (χ0n) is 11.0. The van der Waals surface area contributed by atoms with Crippen molar-refractivity contribution >= 4 is 28.1 Å². The lowest BCUT2D eigenvalue weighted by Gasteiger charge is -2.10. The minimum Gasteiger partial charge on any atom is -0.461 e. The van der Waals surface area contributed by atoms with Crippen LogP contribution < -0.4 is 0 Å². The summed E-state index contributed by atoms with van der Waals surface area (Å²) in [5.41, 5.74) is 2.52. The van der Waals surface area contributed by atoms with Crippen molar-refractivity contribution in [2.24, 2.45) is 4.99 Å². The van der Waals surface area contributed by atoms with Crippen molar-refractivity contribution in [2.75, 3.05) is 6.61 Å². The average Bonchev–Trinajstić information content (AvgIpc) is 2.77. The summed E-state index contributed by atoms with van der Waals surface area (Å²) < 4.78 is 5.07. The number of ether oxygens (including phenoxy) is 1. The van der Waals surface area contributed by atoms with Crippen LogP contribution in [0.15, 0.2) is 41.4 Å². The van der Waals surface area contributed by atoms with Crippen LogP contribution in [0.4, 0.5) is 5.69 Å². The zero-order chi connectivity index (χ0) is 13.4. The van der Waals surface area contributed by atoms with Gasteiger partial charge in [-0.25, -0.2) is 9.79 Å². The Hall–Kier alpha value is -2.16. The molecule has 1 unspecified atom stereocenters. The predicted molar refractivity (Wildman–Crippen MR) is 76.1 cm³/mol. The van der Waals surface area contributed by atoms with E-state index in [0.717, 1.165) is 16.6 Å². The number of esters is 1. The summed E-state index contributed by atoms with van der Waals surface area (Å²) in [7, 11) is 0. The van der Waals surface area contributed by atoms with Crippen LogP contribution in [0.25, 0.3) is 10.8 Å². The van der Waals surface area contributed by atoms with Gasteiger partial charge in [0.1, 0.15) is 5.71 Å². The van der Waals surface area contributed by atoms with E-state index in [-0.39, 0.29) is 11.9 Å². The molecule has 3 rings (SSSR count). The molecule has 1 aliphatic rings. The number of fused-ring (bicyclic) bond motifs is 3. The largest absolute Gasteiger partial charge is 0.461 e. The fourth-order valence-corrected chi connectivity index (χ4v) is 2.63. The van der Waals surface area contributed by atoms with Gasteiger partial charge in [-0.1, -0.05) is 37.3 Å². The standard InChI is InChI=1S/C16H15NO2/c1-3-19-16(18)15-10(2)14-12-7-5-4-6-11(12)8-9-13(14)17-15/h4-10H,3H2,1-2H3. The summed E-state index contributed by atoms with van der Waals surface area (Å²) in [6, 6.07) is 12.2. The number of hydrogen-bond acceptors (Lipinski definition) is 3. The normalized spacial score (nSPS) is 17.2. The van der Waals surface area contributed by atoms with Crippen molar-refractivity contribution in [1.82, 2.24) is 0 Å². The molecule has 0 fully saturated rings. The lowest BCUT2D eigenvalue weighted by molar-refractivity contribution is -0.135. The van der Waals surface area contributed by atoms with Gasteiger partial charge in [-0.2, -0.15) is 0 Å². The van der Waals surface area contributed by atoms with Crippen molar-refractivity contribution in [3.8, 4) is 0 Å². The minimum atomic E-state index is -0.310. The van der Waals surface area contributed by atoms with Crippen LogP contribution in [0.3, 0.4) is 0 Å². The van der Waals surface area contributed by atoms with Gasteiger partial charge in [-0.3, -0.25) is 0 Å². The van der Waals surface area contributed by atoms with Gasteiger partial charge in [0.05, 0.1) is 12.3 Å². The van der Waals surface area contributed by atoms with Crippen LogP contribution in [0.5, 0.6) is 0 Å². The summed E-state index contributed by atoms with van der Waals surface area (Å²) in [4.78, 5) is 16.4. The Bertz CT molecular complexity index is 688. The highest BCUT2D eigenvalue weighted by Crippen LogP contribution is 2.40. The number of aliphatic imine (C=N–C) groups is 1. The molecule has 3 heteroatoms. The van der Waals surface area contributed by atoms with Crippen molar-refractivity contribution in [3.63, 3.8) is 0 Å². The van der Waals surface area contributed by atoms with E-state index in [0.29, 0.717) is 12.3 Å². The second-order valence-corrected chi connectivity index (χ2v) is 4.66. The molecular formula is C16H15NO2. The first-order valence-electron chi connectivity index (χ1n) is 6.49. The Morgan fingerprint density at radius 2 is 2.05 bits per heavy atom. The van der Waals surface area contributed by atoms with Gasteiger partial charge in [0.15, 0.2) is 0 Å². The quantitative estimate of drug-likeness (QED) is 0.767. The van der Waals surface area contributed by atoms with E-state index >= 15 is 0 Å². The highest BCUT2D eigenvalue weighted by Gasteiger charge is 2.30. The van der Waals surface area contributed by atoms with E-state index in [1.807, 2.05) is 31.2 Å². The molecular weight excluding hydrogens is 238 g/mol. The zero-order valence-corrected chi connectivity index (χ0v) is 11.0. The van der Waals surface area contributed by atoms with Crippen molar-refractivity contribution in [2.45, 2.75) is 19.8 Å². The van der Waals surface area contributed by atoms with Crippen LogP contribution in [-0.4, -0.2) is 18.3 Å². The second-order valence-electron chi connectivity index (χ2n) is 4.66. The fourth-order valence-electron chi connectivity index (χ4n) is 2.63. The van der Waals surface area contributed by atoms with E-state index in [1.54, 1.807) is 6.92 Å². The molecule has 0 aliphatic carbocycles. The SMILES string of the molecule is CCOC(=O)C1=Nc2ccc3ccccc3c2C1C. The number of carbonyl (C=O) groups is 1. The van der Waals surface area contributed by atoms with Gasteiger partial charge in [0.25, 0.3) is 0 Å². The number of rotatable bonds is 2. The Morgan fingerprint density at radius 1 is 1.26 bits per heavy atom. The molecule has 1 atom stereocenters. The lowest BCUT2D eigenvalue weighted by Crippen LogP contribution is -2.20. The van der Waals surface area contributed by atoms with Crippen LogP contribution in [0.1, 0.15) is 25.3 Å². The Labute approximate surface area is 111 Å². The molecule has 2 aromatic carbocycles. The number of benzene rings is 2. The molecule has 0 spiro atoms. The molecule has 19 heavy (non-hydrogen) atoms. The van der Waals surface area contributed by atoms with Crippen molar-refractivity contribution in [1.29, 1.82) is 0 Å². The first kappa shape index (κ1) is 11.9. The average molecular weight is 253 g/mol. The predicted octanol–water partition coefficient (Wildman–Crippen LogP) is 3.59. The summed E-state index contributed by atoms with van der Waals surface area (Å²) in [6.07, 6.45) is 0. The van der Waals surface area contributed by atoms with E-state index in [2.05, 4.69) is 17.1 Å². The topological polar surface area (TPSA) is 38.7 Å². The van der Waals surface area contributed by atoms with Gasteiger partial charge in [-0.05, 0) is 29.3 Å². The summed E-state index contributed by atoms with van der Waals surface area (Å²) in [5, 5.41) is 2.34. The number of carbonyl (C=O) groups excluding carboxylic acids is 1. The van der Waals surface area contributed by atoms with Crippen molar-refractivity contribution in [3.05, 3.63) is 42.0 Å². The smallest absolute Gasteiger partial charge is 0.353 e. The van der Waals surface area contributed by atoms with Crippen LogP contribution in [0.2, 0.25) is 0 Å². The molecule has 0 saturated carbocycles. The molecule has 0 radical (unpaired) electrons. The molecule has 0 amide bonds. The van der Waals surface area contributed by atoms with Crippen LogP contribution in [-0.2, 0) is 9.53 Å². The maximum absolute atomic E-state index is 11.9. The Morgan fingerprint density at radius 3 is 2.84 bits per heavy atom. The van der Waals surface area contributed by atoms with Crippen LogP contribution >= 0.6 is 0 Å². The first-order valence-corrected chi connectivity index (χ1v) is 6.49. The van der Waals surface area contributed by atoms with Gasteiger partial charge in [0.2, 0.25) is 0 Å². The van der Waals surface area contributed by atoms with E-state index in [1.165, 1.54) is 5.39 Å². The third-order valence-corrected chi connectivity index (χ3v) is 3.52. The van der Waals surface area contributed by atoms with Crippen LogP contribution in [0, 0.1) is 0 Å². The second kappa shape index (κ2) is 4.50. The Balaban J connectivity index is 2.11. The fraction of sp³-hybridized carbons (Fsp3) is 0.250. The van der Waals surface area contributed by atoms with E-state index in [9.17, 15) is 4.79 Å². The van der Waals surface area contributed by atoms with Crippen molar-refractivity contribution < 1.29 is 9.53 Å². The lowest BCUT2D eigenvalue weighted by atomic mass is 9.92. The number of nitrogens with zero attached hydrogens (tertiary/aromatic N) is 1. The van der Waals surface area contributed by atoms with E-state index < -0.39 is 0 Å². The summed E-state index contributed by atoms with van der Waals surface area (Å²) in [6.45, 7) is 4.19. The first-order chi connectivity index (χ1) is 9.22. The molecule has 3 nitrogen and oxygen atoms in total. The van der Waals surface area contributed by atoms with Gasteiger partial charge in [0, 0.05) is 5.92 Å². The maximum Gasteiger partial charge on any atom is 0.353 e. The molecule has 0 bridgehead atoms. The maximum atomic E-state index is 11.9. The summed E-state index contributed by atoms with van der Waals surface area (Å²) >= 11 is 0. The van der Waals surface area contributed by atoms with Gasteiger partial charge < -0.3 is 4.74 Å². The number of hydrogen-bond donors (Lipinski definition) is 0. The monoisotopic (exact) mass is 253 g/mol. The molecule has 0 N–H and O–H groups in total. The molecule has 96 valence electrons. The molecule has 1 heterocycles. The molecule has 1 aliphatic heterocycles. The molecule has 0 aromatic heterocycles. The highest BCUT2D eigenvalue weighted by molar-refractivity contribution is 6.40. The minimum absolute atomic E-state index is 0.0138. The third kappa shape index (κ3) is 1.82. The van der Waals surface area contributed by atoms with Gasteiger partial charge in [-0.15, -0.1) is 0 Å². The highest BCUT2D eigenvalue weighted by atomic mass is 16.5. The molecule has 0 saturated heterocycles.